The first-order chi connectivity index (χ1) is 13.6. The van der Waals surface area contributed by atoms with Crippen molar-refractivity contribution >= 4 is 29.0 Å². The summed E-state index contributed by atoms with van der Waals surface area (Å²) in [6, 6.07) is 4.90. The smallest absolute Gasteiger partial charge is 0.233 e. The maximum atomic E-state index is 12.9. The molecule has 3 fully saturated rings. The van der Waals surface area contributed by atoms with Gasteiger partial charge in [-0.15, -0.1) is 21.5 Å². The number of thiophene rings is 1. The molecule has 0 aromatic carbocycles. The van der Waals surface area contributed by atoms with Crippen molar-refractivity contribution < 1.29 is 4.79 Å². The second-order valence-corrected chi connectivity index (χ2v) is 11.0. The summed E-state index contributed by atoms with van der Waals surface area (Å²) in [5.41, 5.74) is 0. The van der Waals surface area contributed by atoms with Crippen molar-refractivity contribution in [3.63, 3.8) is 0 Å². The summed E-state index contributed by atoms with van der Waals surface area (Å²) in [7, 11) is 0. The number of carbonyl (C=O) groups is 1. The van der Waals surface area contributed by atoms with Gasteiger partial charge in [0.2, 0.25) is 5.91 Å². The van der Waals surface area contributed by atoms with Crippen molar-refractivity contribution in [2.75, 3.05) is 0 Å². The number of aromatic nitrogens is 3. The second kappa shape index (κ2) is 7.48. The largest absolute Gasteiger partial charge is 0.352 e. The van der Waals surface area contributed by atoms with Gasteiger partial charge in [-0.2, -0.15) is 0 Å². The molecule has 2 bridgehead atoms. The summed E-state index contributed by atoms with van der Waals surface area (Å²) in [5, 5.41) is 15.0. The van der Waals surface area contributed by atoms with Gasteiger partial charge < -0.3 is 5.32 Å². The van der Waals surface area contributed by atoms with Gasteiger partial charge in [-0.05, 0) is 75.2 Å². The quantitative estimate of drug-likeness (QED) is 0.661. The topological polar surface area (TPSA) is 59.8 Å². The second-order valence-electron chi connectivity index (χ2n) is 8.78. The van der Waals surface area contributed by atoms with Crippen LogP contribution in [0, 0.1) is 17.8 Å². The fraction of sp³-hybridized carbons (Fsp3) is 0.667. The molecule has 2 aromatic rings. The molecule has 5 nitrogen and oxygen atoms in total. The van der Waals surface area contributed by atoms with Crippen molar-refractivity contribution in [1.82, 2.24) is 20.1 Å². The van der Waals surface area contributed by atoms with Crippen LogP contribution in [0.4, 0.5) is 0 Å². The van der Waals surface area contributed by atoms with Gasteiger partial charge in [-0.1, -0.05) is 24.2 Å². The summed E-state index contributed by atoms with van der Waals surface area (Å²) in [6.45, 7) is 4.19. The molecule has 0 saturated heterocycles. The molecule has 5 atom stereocenters. The Kier molecular flexibility index (Phi) is 4.99. The average Bonchev–Trinajstić information content (AvgIpc) is 3.14. The number of carbonyl (C=O) groups excluding carboxylic acids is 1. The van der Waals surface area contributed by atoms with Gasteiger partial charge in [-0.3, -0.25) is 9.36 Å². The van der Waals surface area contributed by atoms with Crippen LogP contribution in [0.2, 0.25) is 0 Å². The third-order valence-corrected chi connectivity index (χ3v) is 8.70. The van der Waals surface area contributed by atoms with Gasteiger partial charge in [0.25, 0.3) is 0 Å². The lowest BCUT2D eigenvalue weighted by Gasteiger charge is -2.29. The van der Waals surface area contributed by atoms with Crippen LogP contribution in [-0.4, -0.2) is 32.0 Å². The Morgan fingerprint density at radius 3 is 2.75 bits per heavy atom. The number of amides is 1. The zero-order valence-corrected chi connectivity index (χ0v) is 18.1. The summed E-state index contributed by atoms with van der Waals surface area (Å²) >= 11 is 3.24. The fourth-order valence-corrected chi connectivity index (χ4v) is 6.79. The predicted octanol–water partition coefficient (Wildman–Crippen LogP) is 4.76. The van der Waals surface area contributed by atoms with Crippen molar-refractivity contribution in [1.29, 1.82) is 0 Å². The van der Waals surface area contributed by atoms with E-state index < -0.39 is 0 Å². The van der Waals surface area contributed by atoms with Crippen molar-refractivity contribution in [3.05, 3.63) is 17.5 Å². The minimum atomic E-state index is -0.168. The highest BCUT2D eigenvalue weighted by Gasteiger charge is 2.42. The molecular formula is C21H28N4OS2. The number of fused-ring (bicyclic) bond motifs is 2. The van der Waals surface area contributed by atoms with E-state index in [1.165, 1.54) is 38.5 Å². The minimum Gasteiger partial charge on any atom is -0.352 e. The maximum Gasteiger partial charge on any atom is 0.233 e. The van der Waals surface area contributed by atoms with Gasteiger partial charge in [-0.25, -0.2) is 0 Å². The standard InChI is InChI=1S/C21H28N4OS2/c1-12(17-11-14-5-6-15(17)10-14)22-20(26)13(2)28-21-24-23-19(18-4-3-9-27-18)25(21)16-7-8-16/h3-4,9,12-17H,5-8,10-11H2,1-2H3,(H,22,26). The monoisotopic (exact) mass is 416 g/mol. The van der Waals surface area contributed by atoms with E-state index in [4.69, 9.17) is 0 Å². The van der Waals surface area contributed by atoms with E-state index in [0.717, 1.165) is 27.7 Å². The molecule has 28 heavy (non-hydrogen) atoms. The Hall–Kier alpha value is -1.34. The number of nitrogens with zero attached hydrogens (tertiary/aromatic N) is 3. The number of hydrogen-bond acceptors (Lipinski definition) is 5. The van der Waals surface area contributed by atoms with Crippen LogP contribution in [-0.2, 0) is 4.79 Å². The van der Waals surface area contributed by atoms with Crippen molar-refractivity contribution in [2.24, 2.45) is 17.8 Å². The lowest BCUT2D eigenvalue weighted by molar-refractivity contribution is -0.121. The summed E-state index contributed by atoms with van der Waals surface area (Å²) < 4.78 is 2.25. The number of hydrogen-bond donors (Lipinski definition) is 1. The van der Waals surface area contributed by atoms with E-state index in [1.54, 1.807) is 23.1 Å². The molecule has 150 valence electrons. The highest BCUT2D eigenvalue weighted by atomic mass is 32.2. The summed E-state index contributed by atoms with van der Waals surface area (Å²) in [6.07, 6.45) is 7.78. The molecule has 0 aliphatic heterocycles. The summed E-state index contributed by atoms with van der Waals surface area (Å²) in [5.74, 6) is 3.48. The molecule has 3 saturated carbocycles. The van der Waals surface area contributed by atoms with Crippen LogP contribution >= 0.6 is 23.1 Å². The molecule has 1 N–H and O–H groups in total. The first kappa shape index (κ1) is 18.7. The van der Waals surface area contributed by atoms with Gasteiger partial charge >= 0.3 is 0 Å². The third kappa shape index (κ3) is 3.52. The first-order valence-electron chi connectivity index (χ1n) is 10.6. The van der Waals surface area contributed by atoms with E-state index in [1.807, 2.05) is 13.0 Å². The summed E-state index contributed by atoms with van der Waals surface area (Å²) in [4.78, 5) is 14.0. The lowest BCUT2D eigenvalue weighted by atomic mass is 9.84. The number of rotatable bonds is 7. The van der Waals surface area contributed by atoms with Crippen LogP contribution in [0.15, 0.2) is 22.7 Å². The van der Waals surface area contributed by atoms with Crippen LogP contribution in [0.1, 0.15) is 58.4 Å². The SMILES string of the molecule is CC(Sc1nnc(-c2cccs2)n1C1CC1)C(=O)NC(C)C1CC2CCC1C2. The predicted molar refractivity (Wildman–Crippen MR) is 113 cm³/mol. The van der Waals surface area contributed by atoms with E-state index in [9.17, 15) is 4.79 Å². The number of nitrogens with one attached hydrogen (secondary N) is 1. The molecule has 2 heterocycles. The Morgan fingerprint density at radius 2 is 2.11 bits per heavy atom. The van der Waals surface area contributed by atoms with Gasteiger partial charge in [0.1, 0.15) is 0 Å². The average molecular weight is 417 g/mol. The minimum absolute atomic E-state index is 0.128. The number of thioether (sulfide) groups is 1. The van der Waals surface area contributed by atoms with Crippen LogP contribution in [0.25, 0.3) is 10.7 Å². The normalized spacial score (nSPS) is 28.4. The molecule has 3 aliphatic rings. The molecule has 1 amide bonds. The first-order valence-corrected chi connectivity index (χ1v) is 12.3. The molecule has 0 spiro atoms. The van der Waals surface area contributed by atoms with Crippen molar-refractivity contribution in [3.8, 4) is 10.7 Å². The molecule has 0 radical (unpaired) electrons. The highest BCUT2D eigenvalue weighted by molar-refractivity contribution is 8.00. The van der Waals surface area contributed by atoms with E-state index >= 15 is 0 Å². The Bertz CT molecular complexity index is 845. The molecule has 2 aromatic heterocycles. The molecular weight excluding hydrogens is 388 g/mol. The van der Waals surface area contributed by atoms with Crippen molar-refractivity contribution in [2.45, 2.75) is 74.9 Å². The molecule has 5 unspecified atom stereocenters. The Morgan fingerprint density at radius 1 is 1.25 bits per heavy atom. The Balaban J connectivity index is 1.25. The zero-order chi connectivity index (χ0) is 19.3. The van der Waals surface area contributed by atoms with E-state index in [-0.39, 0.29) is 17.2 Å². The van der Waals surface area contributed by atoms with E-state index in [2.05, 4.69) is 38.5 Å². The Labute approximate surface area is 174 Å². The van der Waals surface area contributed by atoms with Crippen LogP contribution in [0.3, 0.4) is 0 Å². The molecule has 5 rings (SSSR count). The lowest BCUT2D eigenvalue weighted by Crippen LogP contribution is -2.43. The molecule has 7 heteroatoms. The zero-order valence-electron chi connectivity index (χ0n) is 16.5. The maximum absolute atomic E-state index is 12.9. The van der Waals surface area contributed by atoms with Gasteiger partial charge in [0, 0.05) is 12.1 Å². The van der Waals surface area contributed by atoms with E-state index in [0.29, 0.717) is 12.0 Å². The fourth-order valence-electron chi connectivity index (χ4n) is 5.16. The van der Waals surface area contributed by atoms with Crippen LogP contribution in [0.5, 0.6) is 0 Å². The highest BCUT2D eigenvalue weighted by Crippen LogP contribution is 2.49. The van der Waals surface area contributed by atoms with Crippen LogP contribution < -0.4 is 5.32 Å². The molecule has 3 aliphatic carbocycles. The van der Waals surface area contributed by atoms with Gasteiger partial charge in [0.15, 0.2) is 11.0 Å². The third-order valence-electron chi connectivity index (χ3n) is 6.77. The van der Waals surface area contributed by atoms with Gasteiger partial charge in [0.05, 0.1) is 10.1 Å².